The van der Waals surface area contributed by atoms with Crippen LogP contribution in [-0.2, 0) is 0 Å². The minimum Gasteiger partial charge on any atom is -0.430 e. The number of aromatic nitrogens is 1. The topological polar surface area (TPSA) is 38.4 Å². The van der Waals surface area contributed by atoms with Crippen molar-refractivity contribution >= 4 is 18.3 Å². The molecule has 3 aromatic rings. The van der Waals surface area contributed by atoms with Crippen LogP contribution in [0.5, 0.6) is 0 Å². The fraction of sp³-hybridized carbons (Fsp3) is 0.0526. The van der Waals surface area contributed by atoms with Crippen molar-refractivity contribution in [3.63, 3.8) is 0 Å². The highest BCUT2D eigenvalue weighted by atomic mass is 16.4. The van der Waals surface area contributed by atoms with Gasteiger partial charge in [-0.1, -0.05) is 66.2 Å². The fourth-order valence-corrected chi connectivity index (χ4v) is 2.01. The summed E-state index contributed by atoms with van der Waals surface area (Å²) in [5.74, 6) is 0. The summed E-state index contributed by atoms with van der Waals surface area (Å²) in [4.78, 5) is 8.55. The molecular formula is C19H16N2O. The number of benzene rings is 2. The molecule has 22 heavy (non-hydrogen) atoms. The van der Waals surface area contributed by atoms with Gasteiger partial charge in [0.05, 0.1) is 0 Å². The molecule has 0 bridgehead atoms. The molecular weight excluding hydrogens is 272 g/mol. The largest absolute Gasteiger partial charge is 0.430 e. The molecule has 0 amide bonds. The van der Waals surface area contributed by atoms with Gasteiger partial charge in [-0.25, -0.2) is 4.99 Å². The van der Waals surface area contributed by atoms with Crippen LogP contribution in [0.25, 0.3) is 17.3 Å². The summed E-state index contributed by atoms with van der Waals surface area (Å²) >= 11 is 0. The second kappa shape index (κ2) is 6.68. The SMILES string of the molecule is Cc1ccc(-c2coc(/N=C/C=C/c3ccccc3)n2)cc1. The van der Waals surface area contributed by atoms with Crippen molar-refractivity contribution in [2.24, 2.45) is 4.99 Å². The Morgan fingerprint density at radius 3 is 2.55 bits per heavy atom. The van der Waals surface area contributed by atoms with Crippen molar-refractivity contribution in [1.82, 2.24) is 4.98 Å². The maximum absolute atomic E-state index is 5.36. The molecule has 0 aliphatic carbocycles. The van der Waals surface area contributed by atoms with Crippen molar-refractivity contribution in [2.75, 3.05) is 0 Å². The van der Waals surface area contributed by atoms with Gasteiger partial charge >= 0.3 is 6.01 Å². The number of nitrogens with zero attached hydrogens (tertiary/aromatic N) is 2. The maximum Gasteiger partial charge on any atom is 0.322 e. The van der Waals surface area contributed by atoms with Crippen LogP contribution >= 0.6 is 0 Å². The zero-order valence-corrected chi connectivity index (χ0v) is 12.3. The molecule has 2 aromatic carbocycles. The Kier molecular flexibility index (Phi) is 4.25. The lowest BCUT2D eigenvalue weighted by Gasteiger charge is -1.95. The number of hydrogen-bond donors (Lipinski definition) is 0. The van der Waals surface area contributed by atoms with Crippen molar-refractivity contribution in [3.05, 3.63) is 78.1 Å². The fourth-order valence-electron chi connectivity index (χ4n) is 2.01. The molecule has 3 nitrogen and oxygen atoms in total. The van der Waals surface area contributed by atoms with E-state index in [1.54, 1.807) is 12.5 Å². The molecule has 3 rings (SSSR count). The first-order chi connectivity index (χ1) is 10.8. The Morgan fingerprint density at radius 2 is 1.77 bits per heavy atom. The minimum atomic E-state index is 0.355. The highest BCUT2D eigenvalue weighted by molar-refractivity contribution is 5.79. The van der Waals surface area contributed by atoms with Gasteiger partial charge in [0.2, 0.25) is 0 Å². The molecule has 0 aliphatic rings. The average Bonchev–Trinajstić information content (AvgIpc) is 3.02. The van der Waals surface area contributed by atoms with Crippen LogP contribution in [0.4, 0.5) is 6.01 Å². The molecule has 0 saturated heterocycles. The van der Waals surface area contributed by atoms with E-state index in [9.17, 15) is 0 Å². The number of oxazole rings is 1. The van der Waals surface area contributed by atoms with Gasteiger partial charge in [-0.3, -0.25) is 0 Å². The van der Waals surface area contributed by atoms with Crippen LogP contribution in [0, 0.1) is 6.92 Å². The van der Waals surface area contributed by atoms with Gasteiger partial charge in [0.1, 0.15) is 12.0 Å². The summed E-state index contributed by atoms with van der Waals surface area (Å²) in [5.41, 5.74) is 4.16. The van der Waals surface area contributed by atoms with Gasteiger partial charge in [-0.05, 0) is 18.6 Å². The summed E-state index contributed by atoms with van der Waals surface area (Å²) < 4.78 is 5.36. The van der Waals surface area contributed by atoms with Crippen LogP contribution in [0.3, 0.4) is 0 Å². The zero-order chi connectivity index (χ0) is 15.2. The Morgan fingerprint density at radius 1 is 1.00 bits per heavy atom. The molecule has 0 fully saturated rings. The molecule has 1 aromatic heterocycles. The molecule has 0 saturated carbocycles. The standard InChI is InChI=1S/C19H16N2O/c1-15-9-11-17(12-10-15)18-14-22-19(21-18)20-13-5-8-16-6-3-2-4-7-16/h2-14H,1H3/b8-5+,20-13+. The summed E-state index contributed by atoms with van der Waals surface area (Å²) in [5, 5.41) is 0. The van der Waals surface area contributed by atoms with Gasteiger partial charge < -0.3 is 4.42 Å². The van der Waals surface area contributed by atoms with E-state index in [1.165, 1.54) is 5.56 Å². The number of rotatable bonds is 4. The molecule has 0 unspecified atom stereocenters. The van der Waals surface area contributed by atoms with E-state index in [1.807, 2.05) is 54.6 Å². The van der Waals surface area contributed by atoms with E-state index < -0.39 is 0 Å². The molecule has 0 radical (unpaired) electrons. The van der Waals surface area contributed by atoms with E-state index >= 15 is 0 Å². The Hall–Kier alpha value is -2.94. The van der Waals surface area contributed by atoms with Gasteiger partial charge in [0, 0.05) is 11.8 Å². The smallest absolute Gasteiger partial charge is 0.322 e. The zero-order valence-electron chi connectivity index (χ0n) is 12.3. The Labute approximate surface area is 129 Å². The average molecular weight is 288 g/mol. The normalized spacial score (nSPS) is 11.5. The molecule has 108 valence electrons. The first kappa shape index (κ1) is 14.0. The Bertz CT molecular complexity index is 784. The van der Waals surface area contributed by atoms with Gasteiger partial charge in [-0.15, -0.1) is 0 Å². The lowest BCUT2D eigenvalue weighted by atomic mass is 10.1. The predicted molar refractivity (Wildman–Crippen MR) is 90.3 cm³/mol. The highest BCUT2D eigenvalue weighted by Gasteiger charge is 2.04. The van der Waals surface area contributed by atoms with Gasteiger partial charge in [0.15, 0.2) is 0 Å². The van der Waals surface area contributed by atoms with Crippen LogP contribution in [0.15, 0.2) is 76.3 Å². The third kappa shape index (κ3) is 3.58. The molecule has 3 heteroatoms. The Balaban J connectivity index is 1.68. The summed E-state index contributed by atoms with van der Waals surface area (Å²) in [7, 11) is 0. The lowest BCUT2D eigenvalue weighted by Crippen LogP contribution is -1.77. The number of aryl methyl sites for hydroxylation is 1. The third-order valence-electron chi connectivity index (χ3n) is 3.20. The van der Waals surface area contributed by atoms with Crippen molar-refractivity contribution in [1.29, 1.82) is 0 Å². The van der Waals surface area contributed by atoms with E-state index in [2.05, 4.69) is 29.0 Å². The quantitative estimate of drug-likeness (QED) is 0.629. The first-order valence-corrected chi connectivity index (χ1v) is 7.09. The predicted octanol–water partition coefficient (Wildman–Crippen LogP) is 5.07. The first-order valence-electron chi connectivity index (χ1n) is 7.09. The van der Waals surface area contributed by atoms with Crippen molar-refractivity contribution in [3.8, 4) is 11.3 Å². The number of allylic oxidation sites excluding steroid dienone is 1. The van der Waals surface area contributed by atoms with Crippen LogP contribution in [0.1, 0.15) is 11.1 Å². The molecule has 0 atom stereocenters. The molecule has 0 N–H and O–H groups in total. The van der Waals surface area contributed by atoms with Crippen LogP contribution in [-0.4, -0.2) is 11.2 Å². The van der Waals surface area contributed by atoms with Gasteiger partial charge in [0.25, 0.3) is 0 Å². The van der Waals surface area contributed by atoms with Crippen LogP contribution < -0.4 is 0 Å². The van der Waals surface area contributed by atoms with Gasteiger partial charge in [-0.2, -0.15) is 4.98 Å². The third-order valence-corrected chi connectivity index (χ3v) is 3.20. The minimum absolute atomic E-state index is 0.355. The monoisotopic (exact) mass is 288 g/mol. The summed E-state index contributed by atoms with van der Waals surface area (Å²) in [6.07, 6.45) is 7.15. The summed E-state index contributed by atoms with van der Waals surface area (Å²) in [6.45, 7) is 2.06. The lowest BCUT2D eigenvalue weighted by molar-refractivity contribution is 0.570. The molecule has 0 spiro atoms. The van der Waals surface area contributed by atoms with E-state index in [4.69, 9.17) is 4.42 Å². The van der Waals surface area contributed by atoms with Crippen molar-refractivity contribution in [2.45, 2.75) is 6.92 Å². The van der Waals surface area contributed by atoms with E-state index in [0.29, 0.717) is 6.01 Å². The molecule has 1 heterocycles. The highest BCUT2D eigenvalue weighted by Crippen LogP contribution is 2.22. The van der Waals surface area contributed by atoms with E-state index in [0.717, 1.165) is 16.8 Å². The maximum atomic E-state index is 5.36. The number of aliphatic imine (C=N–C) groups is 1. The number of hydrogen-bond acceptors (Lipinski definition) is 3. The molecule has 0 aliphatic heterocycles. The van der Waals surface area contributed by atoms with Crippen LogP contribution in [0.2, 0.25) is 0 Å². The summed E-state index contributed by atoms with van der Waals surface area (Å²) in [6, 6.07) is 18.6. The van der Waals surface area contributed by atoms with E-state index in [-0.39, 0.29) is 0 Å². The van der Waals surface area contributed by atoms with Crippen molar-refractivity contribution < 1.29 is 4.42 Å². The second-order valence-electron chi connectivity index (χ2n) is 4.93. The second-order valence-corrected chi connectivity index (χ2v) is 4.93.